The fourth-order valence-electron chi connectivity index (χ4n) is 0.0957. The lowest BCUT2D eigenvalue weighted by Crippen LogP contribution is -1.97. The highest BCUT2D eigenvalue weighted by molar-refractivity contribution is 7.34. The third-order valence-corrected chi connectivity index (χ3v) is 0.949. The molecule has 0 spiro atoms. The van der Waals surface area contributed by atoms with Crippen LogP contribution in [0.2, 0.25) is 0 Å². The van der Waals surface area contributed by atoms with Crippen LogP contribution in [-0.4, -0.2) is 6.79 Å². The van der Waals surface area contributed by atoms with Crippen molar-refractivity contribution in [3.63, 3.8) is 0 Å². The molecule has 0 saturated carbocycles. The van der Waals surface area contributed by atoms with Gasteiger partial charge in [0.2, 0.25) is 0 Å². The fraction of sp³-hybridized carbons (Fsp3) is 1.00. The number of hydrogen-bond donors (Lipinski definition) is 0. The number of hydrogen-bond acceptors (Lipinski definition) is 3. The molecule has 0 aromatic carbocycles. The first-order valence-corrected chi connectivity index (χ1v) is 2.22. The predicted octanol–water partition coefficient (Wildman–Crippen LogP) is 0.648. The molecule has 4 heteroatoms. The topological polar surface area (TPSA) is 35.5 Å². The van der Waals surface area contributed by atoms with E-state index in [9.17, 15) is 4.57 Å². The van der Waals surface area contributed by atoms with E-state index in [1.54, 1.807) is 0 Å². The van der Waals surface area contributed by atoms with Crippen LogP contribution in [-0.2, 0) is 13.6 Å². The summed E-state index contributed by atoms with van der Waals surface area (Å²) < 4.78 is 18.0. The minimum absolute atomic E-state index is 0.204. The predicted molar refractivity (Wildman–Crippen MR) is 14.6 cm³/mol. The Morgan fingerprint density at radius 1 is 1.60 bits per heavy atom. The summed E-state index contributed by atoms with van der Waals surface area (Å²) in [6.45, 7) is 0.204. The molecule has 1 saturated heterocycles. The van der Waals surface area contributed by atoms with Crippen molar-refractivity contribution in [3.05, 3.63) is 0 Å². The minimum atomic E-state index is -1.67. The van der Waals surface area contributed by atoms with Crippen molar-refractivity contribution in [2.24, 2.45) is 0 Å². The van der Waals surface area contributed by atoms with Crippen LogP contribution in [0.15, 0.2) is 0 Å². The molecule has 5 heavy (non-hydrogen) atoms. The van der Waals surface area contributed by atoms with Crippen LogP contribution in [0.25, 0.3) is 0 Å². The zero-order valence-electron chi connectivity index (χ0n) is 2.38. The Hall–Kier alpha value is 0.0200. The third-order valence-electron chi connectivity index (χ3n) is 0.316. The quantitative estimate of drug-likeness (QED) is 0.412. The maximum Gasteiger partial charge on any atom is 0.702 e. The normalized spacial score (nSPS) is 22.0. The van der Waals surface area contributed by atoms with E-state index in [0.717, 1.165) is 0 Å². The van der Waals surface area contributed by atoms with Gasteiger partial charge in [-0.3, -0.25) is 0 Å². The summed E-state index contributed by atoms with van der Waals surface area (Å²) in [5.74, 6) is 0. The van der Waals surface area contributed by atoms with E-state index in [2.05, 4.69) is 9.05 Å². The molecule has 1 aliphatic heterocycles. The van der Waals surface area contributed by atoms with Gasteiger partial charge in [-0.05, 0) is 0 Å². The molecule has 0 aromatic heterocycles. The minimum Gasteiger partial charge on any atom is -0.0850 e. The average molecular weight is 93.0 g/mol. The van der Waals surface area contributed by atoms with E-state index in [4.69, 9.17) is 0 Å². The molecule has 0 bridgehead atoms. The fourth-order valence-corrected chi connectivity index (χ4v) is 0.287. The van der Waals surface area contributed by atoms with Gasteiger partial charge >= 0.3 is 8.25 Å². The third kappa shape index (κ3) is 0.453. The first-order chi connectivity index (χ1) is 2.39. The van der Waals surface area contributed by atoms with Crippen LogP contribution in [0.1, 0.15) is 0 Å². The van der Waals surface area contributed by atoms with Gasteiger partial charge in [0.15, 0.2) is 0 Å². The Bertz CT molecular complexity index is 53.9. The zero-order chi connectivity index (χ0) is 3.70. The number of rotatable bonds is 0. The molecule has 0 radical (unpaired) electrons. The van der Waals surface area contributed by atoms with Gasteiger partial charge < -0.3 is 0 Å². The molecule has 1 rings (SSSR count). The zero-order valence-corrected chi connectivity index (χ0v) is 3.27. The Balaban J connectivity index is 2.32. The molecule has 0 atom stereocenters. The second kappa shape index (κ2) is 1.01. The summed E-state index contributed by atoms with van der Waals surface area (Å²) in [7, 11) is -1.67. The molecule has 0 unspecified atom stereocenters. The highest BCUT2D eigenvalue weighted by Crippen LogP contribution is 2.32. The second-order valence-electron chi connectivity index (χ2n) is 0.600. The molecule has 0 N–H and O–H groups in total. The van der Waals surface area contributed by atoms with Crippen LogP contribution in [0.4, 0.5) is 0 Å². The Morgan fingerprint density at radius 2 is 2.00 bits per heavy atom. The van der Waals surface area contributed by atoms with E-state index in [-0.39, 0.29) is 6.79 Å². The highest BCUT2D eigenvalue weighted by Gasteiger charge is 2.32. The summed E-state index contributed by atoms with van der Waals surface area (Å²) >= 11 is 0. The molecule has 3 nitrogen and oxygen atoms in total. The average Bonchev–Trinajstić information content (AvgIpc) is 1.30. The van der Waals surface area contributed by atoms with Crippen molar-refractivity contribution < 1.29 is 13.6 Å². The van der Waals surface area contributed by atoms with Crippen LogP contribution in [0.3, 0.4) is 0 Å². The van der Waals surface area contributed by atoms with Crippen molar-refractivity contribution in [1.82, 2.24) is 0 Å². The van der Waals surface area contributed by atoms with Gasteiger partial charge in [0, 0.05) is 4.57 Å². The molecular weight excluding hydrogens is 91.0 g/mol. The molecule has 0 amide bonds. The second-order valence-corrected chi connectivity index (χ2v) is 1.56. The van der Waals surface area contributed by atoms with Crippen molar-refractivity contribution in [2.75, 3.05) is 6.79 Å². The van der Waals surface area contributed by atoms with Crippen LogP contribution < -0.4 is 0 Å². The van der Waals surface area contributed by atoms with Crippen molar-refractivity contribution in [3.8, 4) is 0 Å². The van der Waals surface area contributed by atoms with Crippen LogP contribution in [0, 0.1) is 0 Å². The van der Waals surface area contributed by atoms with Gasteiger partial charge in [-0.15, -0.1) is 0 Å². The van der Waals surface area contributed by atoms with Gasteiger partial charge in [0.1, 0.15) is 0 Å². The van der Waals surface area contributed by atoms with E-state index < -0.39 is 8.25 Å². The Morgan fingerprint density at radius 3 is 2.00 bits per heavy atom. The van der Waals surface area contributed by atoms with E-state index in [1.165, 1.54) is 0 Å². The van der Waals surface area contributed by atoms with Crippen molar-refractivity contribution in [2.45, 2.75) is 0 Å². The maximum absolute atomic E-state index is 9.60. The van der Waals surface area contributed by atoms with E-state index in [0.29, 0.717) is 0 Å². The van der Waals surface area contributed by atoms with Gasteiger partial charge in [0.25, 0.3) is 6.79 Å². The van der Waals surface area contributed by atoms with Gasteiger partial charge in [-0.2, -0.15) is 0 Å². The molecule has 1 aliphatic rings. The lowest BCUT2D eigenvalue weighted by Gasteiger charge is -1.88. The monoisotopic (exact) mass is 93.0 g/mol. The van der Waals surface area contributed by atoms with Crippen LogP contribution in [0.5, 0.6) is 0 Å². The smallest absolute Gasteiger partial charge is 0.0850 e. The Labute approximate surface area is 29.8 Å². The molecule has 1 fully saturated rings. The maximum atomic E-state index is 9.60. The summed E-state index contributed by atoms with van der Waals surface area (Å²) in [6, 6.07) is 0. The summed E-state index contributed by atoms with van der Waals surface area (Å²) in [6.07, 6.45) is 0. The largest absolute Gasteiger partial charge is 0.702 e. The van der Waals surface area contributed by atoms with Gasteiger partial charge in [-0.1, -0.05) is 9.05 Å². The first-order valence-electron chi connectivity index (χ1n) is 1.13. The first kappa shape index (κ1) is 3.22. The van der Waals surface area contributed by atoms with Gasteiger partial charge in [-0.25, -0.2) is 0 Å². The molecule has 0 aliphatic carbocycles. The SMILES string of the molecule is O=[P+]1OCO1. The van der Waals surface area contributed by atoms with Crippen LogP contribution >= 0.6 is 8.25 Å². The standard InChI is InChI=1S/CH2O3P/c2-5-3-1-4-5/h1H2/q+1. The molecule has 1 heterocycles. The molecule has 28 valence electrons. The van der Waals surface area contributed by atoms with Crippen molar-refractivity contribution in [1.29, 1.82) is 0 Å². The molecular formula is CH2O3P+. The van der Waals surface area contributed by atoms with Crippen molar-refractivity contribution >= 4 is 8.25 Å². The van der Waals surface area contributed by atoms with E-state index >= 15 is 0 Å². The lowest BCUT2D eigenvalue weighted by molar-refractivity contribution is 0.0270. The van der Waals surface area contributed by atoms with Gasteiger partial charge in [0.05, 0.1) is 0 Å². The Kier molecular flexibility index (Phi) is 0.651. The summed E-state index contributed by atoms with van der Waals surface area (Å²) in [5, 5.41) is 0. The summed E-state index contributed by atoms with van der Waals surface area (Å²) in [5.41, 5.74) is 0. The summed E-state index contributed by atoms with van der Waals surface area (Å²) in [4.78, 5) is 0. The molecule has 0 aromatic rings. The lowest BCUT2D eigenvalue weighted by atomic mass is 11.6. The highest BCUT2D eigenvalue weighted by atomic mass is 31.1. The van der Waals surface area contributed by atoms with E-state index in [1.807, 2.05) is 0 Å².